The molecule has 8 heteroatoms. The van der Waals surface area contributed by atoms with Crippen molar-refractivity contribution in [3.05, 3.63) is 77.4 Å². The molecule has 1 aliphatic rings. The lowest BCUT2D eigenvalue weighted by Crippen LogP contribution is -2.48. The highest BCUT2D eigenvalue weighted by atomic mass is 16.2. The Balaban J connectivity index is 1.50. The molecule has 0 saturated heterocycles. The van der Waals surface area contributed by atoms with Gasteiger partial charge in [-0.25, -0.2) is 9.97 Å². The third-order valence-corrected chi connectivity index (χ3v) is 7.89. The second kappa shape index (κ2) is 13.4. The zero-order valence-electron chi connectivity index (χ0n) is 23.9. The molecule has 40 heavy (non-hydrogen) atoms. The molecule has 0 radical (unpaired) electrons. The van der Waals surface area contributed by atoms with Crippen LogP contribution in [0.5, 0.6) is 0 Å². The first-order chi connectivity index (χ1) is 19.3. The van der Waals surface area contributed by atoms with Crippen molar-refractivity contribution in [3.63, 3.8) is 0 Å². The van der Waals surface area contributed by atoms with Gasteiger partial charge < -0.3 is 16.4 Å². The summed E-state index contributed by atoms with van der Waals surface area (Å²) in [6.45, 7) is 6.44. The van der Waals surface area contributed by atoms with E-state index in [2.05, 4.69) is 25.6 Å². The Morgan fingerprint density at radius 3 is 2.30 bits per heavy atom. The number of aromatic nitrogens is 2. The third-order valence-electron chi connectivity index (χ3n) is 7.89. The quantitative estimate of drug-likeness (QED) is 0.342. The Kier molecular flexibility index (Phi) is 9.77. The Labute approximate surface area is 236 Å². The molecule has 4 rings (SSSR count). The van der Waals surface area contributed by atoms with Crippen LogP contribution in [-0.4, -0.2) is 47.1 Å². The number of anilines is 1. The fraction of sp³-hybridized carbons (Fsp3) is 0.406. The van der Waals surface area contributed by atoms with E-state index in [9.17, 15) is 9.59 Å². The Morgan fingerprint density at radius 2 is 1.70 bits per heavy atom. The minimum atomic E-state index is -0.714. The monoisotopic (exact) mass is 540 g/mol. The van der Waals surface area contributed by atoms with Gasteiger partial charge in [-0.15, -0.1) is 0 Å². The largest absolute Gasteiger partial charge is 0.344 e. The fourth-order valence-corrected chi connectivity index (χ4v) is 5.24. The summed E-state index contributed by atoms with van der Waals surface area (Å²) in [6.07, 6.45) is 5.70. The van der Waals surface area contributed by atoms with Crippen LogP contribution in [0.4, 0.5) is 5.69 Å². The maximum atomic E-state index is 13.5. The van der Waals surface area contributed by atoms with Gasteiger partial charge in [0.1, 0.15) is 11.9 Å². The van der Waals surface area contributed by atoms with Gasteiger partial charge in [0.25, 0.3) is 0 Å². The summed E-state index contributed by atoms with van der Waals surface area (Å²) in [4.78, 5) is 39.8. The normalized spacial score (nSPS) is 18.2. The predicted molar refractivity (Wildman–Crippen MR) is 160 cm³/mol. The Hall–Kier alpha value is -3.91. The van der Waals surface area contributed by atoms with Crippen LogP contribution in [-0.2, 0) is 16.0 Å². The summed E-state index contributed by atoms with van der Waals surface area (Å²) in [7, 11) is 1.75. The molecule has 1 aliphatic carbocycles. The predicted octanol–water partition coefficient (Wildman–Crippen LogP) is 4.63. The molecule has 3 aromatic rings. The molecule has 0 bridgehead atoms. The van der Waals surface area contributed by atoms with Gasteiger partial charge in [0.2, 0.25) is 11.8 Å². The zero-order chi connectivity index (χ0) is 28.6. The number of nitrogens with zero attached hydrogens (tertiary/aromatic N) is 3. The van der Waals surface area contributed by atoms with E-state index in [1.807, 2.05) is 75.5 Å². The van der Waals surface area contributed by atoms with Gasteiger partial charge >= 0.3 is 0 Å². The van der Waals surface area contributed by atoms with Crippen molar-refractivity contribution >= 4 is 23.2 Å². The average molecular weight is 541 g/mol. The molecule has 210 valence electrons. The molecule has 8 nitrogen and oxygen atoms in total. The number of rotatable bonds is 9. The van der Waals surface area contributed by atoms with Crippen molar-refractivity contribution in [2.24, 2.45) is 22.6 Å². The fourth-order valence-electron chi connectivity index (χ4n) is 5.24. The van der Waals surface area contributed by atoms with E-state index in [0.717, 1.165) is 65.2 Å². The molecular weight excluding hydrogens is 500 g/mol. The highest BCUT2D eigenvalue weighted by molar-refractivity contribution is 6.00. The van der Waals surface area contributed by atoms with Gasteiger partial charge in [-0.3, -0.25) is 14.6 Å². The van der Waals surface area contributed by atoms with Gasteiger partial charge in [-0.05, 0) is 87.7 Å². The second-order valence-electron chi connectivity index (χ2n) is 10.7. The number of nitrogens with two attached hydrogens (primary N) is 1. The van der Waals surface area contributed by atoms with E-state index in [1.165, 1.54) is 0 Å². The summed E-state index contributed by atoms with van der Waals surface area (Å²) in [5.74, 6) is 0.811. The maximum absolute atomic E-state index is 13.5. The van der Waals surface area contributed by atoms with Crippen molar-refractivity contribution in [3.8, 4) is 11.1 Å². The second-order valence-corrected chi connectivity index (χ2v) is 10.7. The first-order valence-electron chi connectivity index (χ1n) is 14.0. The van der Waals surface area contributed by atoms with Crippen LogP contribution in [0.2, 0.25) is 0 Å². The summed E-state index contributed by atoms with van der Waals surface area (Å²) in [5.41, 5.74) is 12.3. The van der Waals surface area contributed by atoms with Crippen molar-refractivity contribution < 1.29 is 9.59 Å². The van der Waals surface area contributed by atoms with Gasteiger partial charge in [-0.1, -0.05) is 36.4 Å². The SMILES string of the molecule is CN=C(C)c1ccc(NC(=O)[C@H](Cc2ccc(-c3cnc(C)nc3C)cc2)NC(=O)C2CCC(CN)CC2)cc1. The van der Waals surface area contributed by atoms with E-state index >= 15 is 0 Å². The molecule has 4 N–H and O–H groups in total. The zero-order valence-corrected chi connectivity index (χ0v) is 23.9. The minimum Gasteiger partial charge on any atom is -0.344 e. The van der Waals surface area contributed by atoms with Crippen LogP contribution in [0.1, 0.15) is 55.3 Å². The average Bonchev–Trinajstić information content (AvgIpc) is 2.97. The topological polar surface area (TPSA) is 122 Å². The lowest BCUT2D eigenvalue weighted by Gasteiger charge is -2.28. The van der Waals surface area contributed by atoms with Crippen LogP contribution in [0.3, 0.4) is 0 Å². The molecule has 0 unspecified atom stereocenters. The molecule has 0 spiro atoms. The maximum Gasteiger partial charge on any atom is 0.247 e. The highest BCUT2D eigenvalue weighted by Gasteiger charge is 2.29. The summed E-state index contributed by atoms with van der Waals surface area (Å²) < 4.78 is 0. The van der Waals surface area contributed by atoms with Crippen LogP contribution in [0.15, 0.2) is 59.7 Å². The highest BCUT2D eigenvalue weighted by Crippen LogP contribution is 2.28. The molecule has 1 aromatic heterocycles. The number of hydrogen-bond acceptors (Lipinski definition) is 6. The number of benzene rings is 2. The van der Waals surface area contributed by atoms with Crippen LogP contribution in [0.25, 0.3) is 11.1 Å². The van der Waals surface area contributed by atoms with E-state index in [0.29, 0.717) is 24.6 Å². The number of carbonyl (C=O) groups is 2. The van der Waals surface area contributed by atoms with Crippen molar-refractivity contribution in [1.29, 1.82) is 0 Å². The van der Waals surface area contributed by atoms with Crippen molar-refractivity contribution in [2.45, 2.75) is 58.9 Å². The first-order valence-corrected chi connectivity index (χ1v) is 14.0. The smallest absolute Gasteiger partial charge is 0.247 e. The number of aryl methyl sites for hydroxylation is 2. The van der Waals surface area contributed by atoms with E-state index in [-0.39, 0.29) is 17.7 Å². The minimum absolute atomic E-state index is 0.0650. The summed E-state index contributed by atoms with van der Waals surface area (Å²) >= 11 is 0. The lowest BCUT2D eigenvalue weighted by atomic mass is 9.81. The van der Waals surface area contributed by atoms with Gasteiger partial charge in [0, 0.05) is 48.2 Å². The number of carbonyl (C=O) groups excluding carboxylic acids is 2. The molecule has 2 aromatic carbocycles. The van der Waals surface area contributed by atoms with E-state index < -0.39 is 6.04 Å². The number of hydrogen-bond donors (Lipinski definition) is 3. The molecule has 1 heterocycles. The molecule has 1 fully saturated rings. The van der Waals surface area contributed by atoms with Gasteiger partial charge in [0.15, 0.2) is 0 Å². The van der Waals surface area contributed by atoms with Crippen LogP contribution < -0.4 is 16.4 Å². The number of aliphatic imine (C=N–C) groups is 1. The lowest BCUT2D eigenvalue weighted by molar-refractivity contribution is -0.130. The molecular formula is C32H40N6O2. The standard InChI is InChI=1S/C32H40N6O2/c1-20(34-4)25-13-15-28(16-14-25)37-32(40)30(38-31(39)27-11-7-24(18-33)8-12-27)17-23-5-9-26(10-6-23)29-19-35-22(3)36-21(29)2/h5-6,9-10,13-16,19,24,27,30H,7-8,11-12,17-18,33H2,1-4H3,(H,37,40)(H,38,39)/t24?,27?,30-/m0/s1. The van der Waals surface area contributed by atoms with Crippen molar-refractivity contribution in [2.75, 3.05) is 18.9 Å². The van der Waals surface area contributed by atoms with Gasteiger partial charge in [0.05, 0.1) is 0 Å². The Morgan fingerprint density at radius 1 is 1.02 bits per heavy atom. The molecule has 0 aliphatic heterocycles. The molecule has 1 saturated carbocycles. The summed E-state index contributed by atoms with van der Waals surface area (Å²) in [6, 6.07) is 14.9. The Bertz CT molecular complexity index is 1340. The van der Waals surface area contributed by atoms with Crippen LogP contribution >= 0.6 is 0 Å². The van der Waals surface area contributed by atoms with Crippen LogP contribution in [0, 0.1) is 25.7 Å². The first kappa shape index (κ1) is 29.1. The van der Waals surface area contributed by atoms with Crippen molar-refractivity contribution in [1.82, 2.24) is 15.3 Å². The van der Waals surface area contributed by atoms with E-state index in [1.54, 1.807) is 7.05 Å². The number of nitrogens with one attached hydrogen (secondary N) is 2. The molecule has 2 amide bonds. The van der Waals surface area contributed by atoms with E-state index in [4.69, 9.17) is 5.73 Å². The summed E-state index contributed by atoms with van der Waals surface area (Å²) in [5, 5.41) is 6.06. The van der Waals surface area contributed by atoms with Gasteiger partial charge in [-0.2, -0.15) is 0 Å². The molecule has 1 atom stereocenters. The number of amides is 2. The third kappa shape index (κ3) is 7.39.